The van der Waals surface area contributed by atoms with Gasteiger partial charge in [0.15, 0.2) is 0 Å². The minimum Gasteiger partial charge on any atom is -0.364 e. The Labute approximate surface area is 189 Å². The van der Waals surface area contributed by atoms with Gasteiger partial charge in [0.1, 0.15) is 0 Å². The van der Waals surface area contributed by atoms with Crippen LogP contribution in [0.2, 0.25) is 10.0 Å². The fourth-order valence-corrected chi connectivity index (χ4v) is 7.55. The lowest BCUT2D eigenvalue weighted by Gasteiger charge is -2.49. The maximum atomic E-state index is 6.22. The number of hydrogen-bond acceptors (Lipinski definition) is 3. The molecule has 0 N–H and O–H groups in total. The van der Waals surface area contributed by atoms with Crippen LogP contribution in [0.1, 0.15) is 50.5 Å². The lowest BCUT2D eigenvalue weighted by molar-refractivity contribution is 0.0953. The molecule has 154 valence electrons. The normalized spacial score (nSPS) is 30.8. The maximum Gasteiger partial charge on any atom is 0.0824 e. The Balaban J connectivity index is 1.50. The molecule has 2 saturated heterocycles. The molecule has 3 atom stereocenters. The van der Waals surface area contributed by atoms with Gasteiger partial charge in [0.05, 0.1) is 15.0 Å². The molecule has 2 aliphatic heterocycles. The molecule has 1 saturated carbocycles. The van der Waals surface area contributed by atoms with Crippen molar-refractivity contribution >= 4 is 52.2 Å². The van der Waals surface area contributed by atoms with Crippen molar-refractivity contribution in [2.24, 2.45) is 0 Å². The minimum atomic E-state index is 0.494. The molecule has 1 aliphatic carbocycles. The van der Waals surface area contributed by atoms with Gasteiger partial charge in [-0.1, -0.05) is 41.5 Å². The van der Waals surface area contributed by atoms with E-state index in [0.29, 0.717) is 26.9 Å². The zero-order valence-corrected chi connectivity index (χ0v) is 19.8. The predicted octanol–water partition coefficient (Wildman–Crippen LogP) is 6.08. The Morgan fingerprint density at radius 1 is 1.21 bits per heavy atom. The van der Waals surface area contributed by atoms with E-state index in [4.69, 9.17) is 35.4 Å². The van der Waals surface area contributed by atoms with Crippen molar-refractivity contribution in [1.29, 1.82) is 0 Å². The zero-order chi connectivity index (χ0) is 19.7. The number of thiocarbonyl (C=S) groups is 1. The monoisotopic (exact) mass is 456 g/mol. The molecule has 4 rings (SSSR count). The summed E-state index contributed by atoms with van der Waals surface area (Å²) in [4.78, 5) is 6.20. The van der Waals surface area contributed by atoms with Crippen LogP contribution >= 0.6 is 47.2 Å². The molecule has 0 bridgehead atoms. The van der Waals surface area contributed by atoms with E-state index in [1.54, 1.807) is 0 Å². The molecule has 28 heavy (non-hydrogen) atoms. The molecule has 3 unspecified atom stereocenters. The van der Waals surface area contributed by atoms with Crippen LogP contribution in [0.3, 0.4) is 0 Å². The second-order valence-electron chi connectivity index (χ2n) is 8.69. The smallest absolute Gasteiger partial charge is 0.0824 e. The number of thioether (sulfide) groups is 1. The van der Waals surface area contributed by atoms with Gasteiger partial charge in [0.2, 0.25) is 0 Å². The van der Waals surface area contributed by atoms with Crippen molar-refractivity contribution in [1.82, 2.24) is 9.80 Å². The Hall–Kier alpha value is -0.0000000000000000763. The molecule has 1 aromatic rings. The molecule has 2 nitrogen and oxygen atoms in total. The molecular weight excluding hydrogens is 427 g/mol. The number of likely N-dealkylation sites (tertiary alicyclic amines) is 1. The van der Waals surface area contributed by atoms with E-state index in [1.165, 1.54) is 63.8 Å². The largest absolute Gasteiger partial charge is 0.364 e. The standard InChI is InChI=1S/C22H30Cl2N2S2/c1-25(21(27)14-16-5-6-17(23)18(24)13-16)20-15-22(8-4-12-28-22)9-7-19(20)26-10-2-3-11-26/h5-6,13,19-20H,2-4,7-12,14-15H2,1H3. The van der Waals surface area contributed by atoms with E-state index in [1.807, 2.05) is 18.2 Å². The highest BCUT2D eigenvalue weighted by molar-refractivity contribution is 8.00. The summed E-state index contributed by atoms with van der Waals surface area (Å²) in [6, 6.07) is 7.04. The van der Waals surface area contributed by atoms with E-state index in [9.17, 15) is 0 Å². The summed E-state index contributed by atoms with van der Waals surface area (Å²) in [5.74, 6) is 1.33. The average molecular weight is 458 g/mol. The number of hydrogen-bond donors (Lipinski definition) is 0. The lowest BCUT2D eigenvalue weighted by atomic mass is 9.78. The summed E-state index contributed by atoms with van der Waals surface area (Å²) in [6.45, 7) is 2.52. The van der Waals surface area contributed by atoms with Gasteiger partial charge < -0.3 is 4.90 Å². The minimum absolute atomic E-state index is 0.494. The first-order chi connectivity index (χ1) is 13.5. The fraction of sp³-hybridized carbons (Fsp3) is 0.682. The lowest BCUT2D eigenvalue weighted by Crippen LogP contribution is -2.57. The number of likely N-dealkylation sites (N-methyl/N-ethyl adjacent to an activating group) is 1. The van der Waals surface area contributed by atoms with Crippen molar-refractivity contribution in [3.63, 3.8) is 0 Å². The number of halogens is 2. The second-order valence-corrected chi connectivity index (χ2v) is 11.5. The Kier molecular flexibility index (Phi) is 6.84. The van der Waals surface area contributed by atoms with Crippen LogP contribution in [0.25, 0.3) is 0 Å². The topological polar surface area (TPSA) is 6.48 Å². The average Bonchev–Trinajstić information content (AvgIpc) is 3.37. The van der Waals surface area contributed by atoms with Gasteiger partial charge in [0.25, 0.3) is 0 Å². The number of rotatable bonds is 4. The van der Waals surface area contributed by atoms with E-state index in [-0.39, 0.29) is 0 Å². The summed E-state index contributed by atoms with van der Waals surface area (Å²) in [5.41, 5.74) is 1.14. The van der Waals surface area contributed by atoms with Crippen LogP contribution in [0.5, 0.6) is 0 Å². The highest BCUT2D eigenvalue weighted by atomic mass is 35.5. The van der Waals surface area contributed by atoms with Crippen LogP contribution < -0.4 is 0 Å². The quantitative estimate of drug-likeness (QED) is 0.506. The number of benzene rings is 1. The van der Waals surface area contributed by atoms with Gasteiger partial charge in [-0.25, -0.2) is 0 Å². The molecule has 3 fully saturated rings. The van der Waals surface area contributed by atoms with Crippen LogP contribution in [0, 0.1) is 0 Å². The summed E-state index contributed by atoms with van der Waals surface area (Å²) < 4.78 is 0.494. The van der Waals surface area contributed by atoms with Gasteiger partial charge in [-0.3, -0.25) is 4.90 Å². The van der Waals surface area contributed by atoms with E-state index < -0.39 is 0 Å². The third-order valence-electron chi connectivity index (χ3n) is 6.95. The number of nitrogens with zero attached hydrogens (tertiary/aromatic N) is 2. The highest BCUT2D eigenvalue weighted by Gasteiger charge is 2.46. The van der Waals surface area contributed by atoms with Crippen molar-refractivity contribution in [2.75, 3.05) is 25.9 Å². The molecular formula is C22H30Cl2N2S2. The van der Waals surface area contributed by atoms with Crippen LogP contribution in [0.15, 0.2) is 18.2 Å². The molecule has 1 spiro atoms. The Morgan fingerprint density at radius 3 is 2.68 bits per heavy atom. The molecule has 0 radical (unpaired) electrons. The SMILES string of the molecule is CN(C(=S)Cc1ccc(Cl)c(Cl)c1)C1CC2(CCCS2)CCC1N1CCCC1. The van der Waals surface area contributed by atoms with E-state index in [2.05, 4.69) is 28.6 Å². The van der Waals surface area contributed by atoms with E-state index in [0.717, 1.165) is 17.0 Å². The molecule has 0 amide bonds. The Bertz CT molecular complexity index is 714. The second kappa shape index (κ2) is 9.01. The van der Waals surface area contributed by atoms with Gasteiger partial charge in [-0.2, -0.15) is 11.8 Å². The van der Waals surface area contributed by atoms with Gasteiger partial charge in [0, 0.05) is 30.3 Å². The Morgan fingerprint density at radius 2 is 2.00 bits per heavy atom. The van der Waals surface area contributed by atoms with Gasteiger partial charge in [-0.05, 0) is 81.5 Å². The summed E-state index contributed by atoms with van der Waals surface area (Å²) >= 11 is 20.5. The summed E-state index contributed by atoms with van der Waals surface area (Å²) in [5, 5.41) is 1.21. The highest BCUT2D eigenvalue weighted by Crippen LogP contribution is 2.50. The van der Waals surface area contributed by atoms with Crippen LogP contribution in [-0.4, -0.2) is 57.5 Å². The summed E-state index contributed by atoms with van der Waals surface area (Å²) in [6.07, 6.45) is 10.2. The predicted molar refractivity (Wildman–Crippen MR) is 127 cm³/mol. The van der Waals surface area contributed by atoms with Crippen LogP contribution in [0.4, 0.5) is 0 Å². The maximum absolute atomic E-state index is 6.22. The zero-order valence-electron chi connectivity index (χ0n) is 16.6. The first kappa shape index (κ1) is 21.2. The molecule has 2 heterocycles. The summed E-state index contributed by atoms with van der Waals surface area (Å²) in [7, 11) is 2.23. The molecule has 3 aliphatic rings. The van der Waals surface area contributed by atoms with Gasteiger partial charge in [-0.15, -0.1) is 0 Å². The van der Waals surface area contributed by atoms with Gasteiger partial charge >= 0.3 is 0 Å². The van der Waals surface area contributed by atoms with Crippen molar-refractivity contribution in [3.05, 3.63) is 33.8 Å². The van der Waals surface area contributed by atoms with E-state index >= 15 is 0 Å². The first-order valence-electron chi connectivity index (χ1n) is 10.6. The third kappa shape index (κ3) is 4.51. The molecule has 1 aromatic carbocycles. The molecule has 0 aromatic heterocycles. The van der Waals surface area contributed by atoms with Crippen molar-refractivity contribution in [2.45, 2.75) is 68.2 Å². The third-order valence-corrected chi connectivity index (χ3v) is 9.80. The van der Waals surface area contributed by atoms with Crippen molar-refractivity contribution < 1.29 is 0 Å². The van der Waals surface area contributed by atoms with Crippen LogP contribution in [-0.2, 0) is 6.42 Å². The molecule has 6 heteroatoms. The fourth-order valence-electron chi connectivity index (χ4n) is 5.36. The van der Waals surface area contributed by atoms with Crippen molar-refractivity contribution in [3.8, 4) is 0 Å². The first-order valence-corrected chi connectivity index (χ1v) is 12.7.